The molecular formula is C8H18N2O2. The first-order valence-electron chi connectivity index (χ1n) is 4.18. The molecule has 72 valence electrons. The van der Waals surface area contributed by atoms with Crippen molar-refractivity contribution in [2.45, 2.75) is 19.4 Å². The third-order valence-electron chi connectivity index (χ3n) is 1.61. The molecule has 0 aromatic rings. The zero-order valence-electron chi connectivity index (χ0n) is 8.00. The summed E-state index contributed by atoms with van der Waals surface area (Å²) < 4.78 is 0. The summed E-state index contributed by atoms with van der Waals surface area (Å²) in [7, 11) is 3.87. The number of nitrogens with zero attached hydrogens (tertiary/aromatic N) is 1. The van der Waals surface area contributed by atoms with E-state index in [0.29, 0.717) is 13.0 Å². The molecule has 0 fully saturated rings. The Labute approximate surface area is 73.6 Å². The van der Waals surface area contributed by atoms with Crippen molar-refractivity contribution in [3.8, 4) is 0 Å². The monoisotopic (exact) mass is 174 g/mol. The van der Waals surface area contributed by atoms with Crippen molar-refractivity contribution < 1.29 is 9.90 Å². The van der Waals surface area contributed by atoms with Gasteiger partial charge in [-0.2, -0.15) is 0 Å². The summed E-state index contributed by atoms with van der Waals surface area (Å²) in [5.41, 5.74) is 0. The molecule has 0 spiro atoms. The summed E-state index contributed by atoms with van der Waals surface area (Å²) in [5, 5.41) is 11.6. The maximum Gasteiger partial charge on any atom is 0.320 e. The first kappa shape index (κ1) is 11.4. The molecule has 1 unspecified atom stereocenters. The lowest BCUT2D eigenvalue weighted by Gasteiger charge is -2.15. The van der Waals surface area contributed by atoms with E-state index >= 15 is 0 Å². The van der Waals surface area contributed by atoms with Gasteiger partial charge < -0.3 is 15.3 Å². The van der Waals surface area contributed by atoms with E-state index in [2.05, 4.69) is 5.32 Å². The molecule has 12 heavy (non-hydrogen) atoms. The zero-order chi connectivity index (χ0) is 9.56. The summed E-state index contributed by atoms with van der Waals surface area (Å²) in [5.74, 6) is -0.765. The second kappa shape index (κ2) is 5.97. The molecule has 0 rings (SSSR count). The number of hydrogen-bond acceptors (Lipinski definition) is 3. The van der Waals surface area contributed by atoms with Gasteiger partial charge in [0.1, 0.15) is 6.04 Å². The Morgan fingerprint density at radius 3 is 2.50 bits per heavy atom. The lowest BCUT2D eigenvalue weighted by Crippen LogP contribution is -2.38. The minimum Gasteiger partial charge on any atom is -0.480 e. The second-order valence-corrected chi connectivity index (χ2v) is 3.04. The number of nitrogens with one attached hydrogen (secondary N) is 1. The molecule has 0 aromatic carbocycles. The highest BCUT2D eigenvalue weighted by molar-refractivity contribution is 5.73. The van der Waals surface area contributed by atoms with Gasteiger partial charge in [-0.15, -0.1) is 0 Å². The highest BCUT2D eigenvalue weighted by atomic mass is 16.4. The van der Waals surface area contributed by atoms with Crippen LogP contribution in [-0.2, 0) is 4.79 Å². The van der Waals surface area contributed by atoms with Crippen LogP contribution in [0.1, 0.15) is 13.3 Å². The molecule has 4 heteroatoms. The minimum absolute atomic E-state index is 0.405. The van der Waals surface area contributed by atoms with E-state index in [1.165, 1.54) is 0 Å². The van der Waals surface area contributed by atoms with Crippen LogP contribution in [0.4, 0.5) is 0 Å². The lowest BCUT2D eigenvalue weighted by molar-refractivity contribution is -0.139. The molecule has 4 nitrogen and oxygen atoms in total. The van der Waals surface area contributed by atoms with Crippen LogP contribution in [0.25, 0.3) is 0 Å². The second-order valence-electron chi connectivity index (χ2n) is 3.04. The molecule has 0 heterocycles. The van der Waals surface area contributed by atoms with Gasteiger partial charge in [-0.1, -0.05) is 6.92 Å². The molecule has 0 saturated heterocycles. The SMILES string of the molecule is CCNC(CCN(C)C)C(=O)O. The molecule has 0 bridgehead atoms. The van der Waals surface area contributed by atoms with E-state index in [4.69, 9.17) is 5.11 Å². The number of hydrogen-bond donors (Lipinski definition) is 2. The van der Waals surface area contributed by atoms with Gasteiger partial charge in [-0.05, 0) is 33.6 Å². The van der Waals surface area contributed by atoms with Gasteiger partial charge in [0.25, 0.3) is 0 Å². The summed E-state index contributed by atoms with van der Waals surface area (Å²) in [4.78, 5) is 12.6. The van der Waals surface area contributed by atoms with Crippen molar-refractivity contribution in [1.29, 1.82) is 0 Å². The van der Waals surface area contributed by atoms with E-state index in [1.54, 1.807) is 0 Å². The van der Waals surface area contributed by atoms with Crippen LogP contribution in [0.5, 0.6) is 0 Å². The fourth-order valence-corrected chi connectivity index (χ4v) is 0.947. The van der Waals surface area contributed by atoms with Crippen molar-refractivity contribution >= 4 is 5.97 Å². The molecule has 0 aliphatic carbocycles. The Kier molecular flexibility index (Phi) is 5.66. The fraction of sp³-hybridized carbons (Fsp3) is 0.875. The third kappa shape index (κ3) is 5.09. The largest absolute Gasteiger partial charge is 0.480 e. The lowest BCUT2D eigenvalue weighted by atomic mass is 10.2. The smallest absolute Gasteiger partial charge is 0.320 e. The van der Waals surface area contributed by atoms with E-state index in [9.17, 15) is 4.79 Å². The summed E-state index contributed by atoms with van der Waals surface area (Å²) in [6.07, 6.45) is 0.649. The fourth-order valence-electron chi connectivity index (χ4n) is 0.947. The predicted octanol–water partition coefficient (Wildman–Crippen LogP) is 0.000800. The van der Waals surface area contributed by atoms with E-state index in [-0.39, 0.29) is 0 Å². The quantitative estimate of drug-likeness (QED) is 0.595. The van der Waals surface area contributed by atoms with Crippen molar-refractivity contribution in [3.05, 3.63) is 0 Å². The number of carbonyl (C=O) groups is 1. The van der Waals surface area contributed by atoms with Crippen LogP contribution in [0.2, 0.25) is 0 Å². The van der Waals surface area contributed by atoms with Crippen molar-refractivity contribution in [3.63, 3.8) is 0 Å². The van der Waals surface area contributed by atoms with Gasteiger partial charge in [-0.3, -0.25) is 4.79 Å². The summed E-state index contributed by atoms with van der Waals surface area (Å²) in [6.45, 7) is 3.40. The topological polar surface area (TPSA) is 52.6 Å². The van der Waals surface area contributed by atoms with Crippen molar-refractivity contribution in [2.24, 2.45) is 0 Å². The number of carboxylic acids is 1. The van der Waals surface area contributed by atoms with E-state index in [0.717, 1.165) is 6.54 Å². The van der Waals surface area contributed by atoms with Crippen molar-refractivity contribution in [1.82, 2.24) is 10.2 Å². The summed E-state index contributed by atoms with van der Waals surface area (Å²) in [6, 6.07) is -0.405. The maximum atomic E-state index is 10.6. The standard InChI is InChI=1S/C8H18N2O2/c1-4-9-7(8(11)12)5-6-10(2)3/h7,9H,4-6H2,1-3H3,(H,11,12). The van der Waals surface area contributed by atoms with Crippen LogP contribution in [-0.4, -0.2) is 49.2 Å². The van der Waals surface area contributed by atoms with Crippen LogP contribution >= 0.6 is 0 Å². The number of likely N-dealkylation sites (N-methyl/N-ethyl adjacent to an activating group) is 1. The molecule has 0 aliphatic heterocycles. The number of carboxylic acid groups (broad SMARTS) is 1. The van der Waals surface area contributed by atoms with Crippen LogP contribution < -0.4 is 5.32 Å². The van der Waals surface area contributed by atoms with Gasteiger partial charge in [0, 0.05) is 0 Å². The predicted molar refractivity (Wildman–Crippen MR) is 48.3 cm³/mol. The van der Waals surface area contributed by atoms with Crippen LogP contribution in [0.3, 0.4) is 0 Å². The zero-order valence-corrected chi connectivity index (χ0v) is 8.00. The molecule has 0 amide bonds. The summed E-state index contributed by atoms with van der Waals surface area (Å²) >= 11 is 0. The molecule has 0 aromatic heterocycles. The van der Waals surface area contributed by atoms with E-state index in [1.807, 2.05) is 25.9 Å². The van der Waals surface area contributed by atoms with Gasteiger partial charge in [0.05, 0.1) is 0 Å². The average Bonchev–Trinajstić information content (AvgIpc) is 1.96. The molecule has 1 atom stereocenters. The number of aliphatic carboxylic acids is 1. The minimum atomic E-state index is -0.765. The first-order valence-corrected chi connectivity index (χ1v) is 4.18. The Bertz CT molecular complexity index is 137. The molecular weight excluding hydrogens is 156 g/mol. The van der Waals surface area contributed by atoms with Gasteiger partial charge in [-0.25, -0.2) is 0 Å². The van der Waals surface area contributed by atoms with Crippen LogP contribution in [0.15, 0.2) is 0 Å². The molecule has 0 saturated carbocycles. The Morgan fingerprint density at radius 2 is 2.17 bits per heavy atom. The Hall–Kier alpha value is -0.610. The third-order valence-corrected chi connectivity index (χ3v) is 1.61. The molecule has 2 N–H and O–H groups in total. The Balaban J connectivity index is 3.71. The van der Waals surface area contributed by atoms with Gasteiger partial charge in [0.2, 0.25) is 0 Å². The molecule has 0 radical (unpaired) electrons. The van der Waals surface area contributed by atoms with Gasteiger partial charge in [0.15, 0.2) is 0 Å². The first-order chi connectivity index (χ1) is 5.57. The highest BCUT2D eigenvalue weighted by Gasteiger charge is 2.14. The maximum absolute atomic E-state index is 10.6. The number of rotatable bonds is 6. The van der Waals surface area contributed by atoms with Crippen LogP contribution in [0, 0.1) is 0 Å². The van der Waals surface area contributed by atoms with Gasteiger partial charge >= 0.3 is 5.97 Å². The molecule has 0 aliphatic rings. The van der Waals surface area contributed by atoms with Crippen molar-refractivity contribution in [2.75, 3.05) is 27.2 Å². The Morgan fingerprint density at radius 1 is 1.58 bits per heavy atom. The normalized spacial score (nSPS) is 13.3. The van der Waals surface area contributed by atoms with E-state index < -0.39 is 12.0 Å². The average molecular weight is 174 g/mol. The highest BCUT2D eigenvalue weighted by Crippen LogP contribution is 1.93.